The Kier molecular flexibility index (Phi) is 4.88. The third-order valence-corrected chi connectivity index (χ3v) is 5.52. The maximum absolute atomic E-state index is 11.7. The first kappa shape index (κ1) is 18.6. The van der Waals surface area contributed by atoms with Crippen LogP contribution in [-0.4, -0.2) is 31.7 Å². The SMILES string of the molecule is CC1(C)OC(O)C(C=Cc2ccccc2)=C1c1ccc(S(C)(=O)=O)cc1. The third-order valence-electron chi connectivity index (χ3n) is 4.39. The van der Waals surface area contributed by atoms with E-state index < -0.39 is 21.7 Å². The fourth-order valence-electron chi connectivity index (χ4n) is 3.17. The first-order valence-electron chi connectivity index (χ1n) is 8.33. The van der Waals surface area contributed by atoms with Crippen LogP contribution in [0.4, 0.5) is 0 Å². The van der Waals surface area contributed by atoms with Crippen molar-refractivity contribution < 1.29 is 18.3 Å². The Labute approximate surface area is 154 Å². The number of ether oxygens (including phenoxy) is 1. The molecule has 2 aromatic rings. The van der Waals surface area contributed by atoms with Gasteiger partial charge in [-0.25, -0.2) is 8.42 Å². The van der Waals surface area contributed by atoms with Crippen molar-refractivity contribution in [2.45, 2.75) is 30.6 Å². The lowest BCUT2D eigenvalue weighted by molar-refractivity contribution is -0.109. The van der Waals surface area contributed by atoms with E-state index in [9.17, 15) is 13.5 Å². The normalized spacial score (nSPS) is 20.1. The largest absolute Gasteiger partial charge is 0.364 e. The highest BCUT2D eigenvalue weighted by Gasteiger charge is 2.39. The average Bonchev–Trinajstić information content (AvgIpc) is 2.81. The van der Waals surface area contributed by atoms with Gasteiger partial charge in [-0.2, -0.15) is 0 Å². The van der Waals surface area contributed by atoms with Gasteiger partial charge >= 0.3 is 0 Å². The Bertz CT molecular complexity index is 953. The molecule has 3 rings (SSSR count). The summed E-state index contributed by atoms with van der Waals surface area (Å²) in [5, 5.41) is 10.4. The van der Waals surface area contributed by atoms with Crippen molar-refractivity contribution in [1.82, 2.24) is 0 Å². The average molecular weight is 370 g/mol. The zero-order valence-corrected chi connectivity index (χ0v) is 15.8. The summed E-state index contributed by atoms with van der Waals surface area (Å²) < 4.78 is 29.1. The Morgan fingerprint density at radius 2 is 1.62 bits per heavy atom. The maximum Gasteiger partial charge on any atom is 0.182 e. The monoisotopic (exact) mass is 370 g/mol. The molecular weight excluding hydrogens is 348 g/mol. The van der Waals surface area contributed by atoms with E-state index in [1.807, 2.05) is 56.3 Å². The zero-order valence-electron chi connectivity index (χ0n) is 15.0. The summed E-state index contributed by atoms with van der Waals surface area (Å²) in [7, 11) is -3.25. The standard InChI is InChI=1S/C21H22O4S/c1-21(2)19(16-10-12-17(13-11-16)26(3,23)24)18(20(22)25-21)14-9-15-7-5-4-6-8-15/h4-14,20,22H,1-3H3. The minimum absolute atomic E-state index is 0.264. The lowest BCUT2D eigenvalue weighted by Crippen LogP contribution is -2.24. The molecular formula is C21H22O4S. The highest BCUT2D eigenvalue weighted by molar-refractivity contribution is 7.90. The lowest BCUT2D eigenvalue weighted by atomic mass is 9.89. The molecule has 0 amide bonds. The zero-order chi connectivity index (χ0) is 18.9. The van der Waals surface area contributed by atoms with E-state index in [4.69, 9.17) is 4.74 Å². The van der Waals surface area contributed by atoms with Gasteiger partial charge in [0.2, 0.25) is 0 Å². The van der Waals surface area contributed by atoms with E-state index in [0.29, 0.717) is 5.57 Å². The van der Waals surface area contributed by atoms with Crippen LogP contribution in [0.3, 0.4) is 0 Å². The van der Waals surface area contributed by atoms with Crippen LogP contribution in [0, 0.1) is 0 Å². The van der Waals surface area contributed by atoms with Crippen LogP contribution in [0.15, 0.2) is 71.1 Å². The fourth-order valence-corrected chi connectivity index (χ4v) is 3.80. The molecule has 1 aliphatic rings. The number of rotatable bonds is 4. The molecule has 0 spiro atoms. The van der Waals surface area contributed by atoms with Crippen molar-refractivity contribution in [2.24, 2.45) is 0 Å². The van der Waals surface area contributed by atoms with Crippen LogP contribution in [-0.2, 0) is 14.6 Å². The minimum Gasteiger partial charge on any atom is -0.364 e. The summed E-state index contributed by atoms with van der Waals surface area (Å²) in [6.07, 6.45) is 3.93. The van der Waals surface area contributed by atoms with Crippen molar-refractivity contribution in [2.75, 3.05) is 6.26 Å². The van der Waals surface area contributed by atoms with Crippen molar-refractivity contribution >= 4 is 21.5 Å². The molecule has 1 unspecified atom stereocenters. The van der Waals surface area contributed by atoms with Gasteiger partial charge in [0.1, 0.15) is 0 Å². The van der Waals surface area contributed by atoms with Gasteiger partial charge in [-0.15, -0.1) is 0 Å². The van der Waals surface area contributed by atoms with Gasteiger partial charge in [0, 0.05) is 11.8 Å². The molecule has 1 atom stereocenters. The number of hydrogen-bond donors (Lipinski definition) is 1. The summed E-state index contributed by atoms with van der Waals surface area (Å²) in [5.74, 6) is 0. The summed E-state index contributed by atoms with van der Waals surface area (Å²) in [6, 6.07) is 16.5. The van der Waals surface area contributed by atoms with E-state index in [0.717, 1.165) is 16.7 Å². The van der Waals surface area contributed by atoms with E-state index in [2.05, 4.69) is 0 Å². The van der Waals surface area contributed by atoms with Crippen LogP contribution < -0.4 is 0 Å². The van der Waals surface area contributed by atoms with E-state index in [1.165, 1.54) is 6.26 Å². The molecule has 0 saturated carbocycles. The molecule has 136 valence electrons. The molecule has 0 bridgehead atoms. The highest BCUT2D eigenvalue weighted by Crippen LogP contribution is 2.42. The predicted octanol–water partition coefficient (Wildman–Crippen LogP) is 3.68. The van der Waals surface area contributed by atoms with Crippen molar-refractivity contribution in [3.63, 3.8) is 0 Å². The molecule has 0 aromatic heterocycles. The molecule has 0 saturated heterocycles. The summed E-state index contributed by atoms with van der Waals surface area (Å²) in [5.41, 5.74) is 2.67. The number of benzene rings is 2. The first-order chi connectivity index (χ1) is 12.2. The van der Waals surface area contributed by atoms with E-state index in [-0.39, 0.29) is 4.90 Å². The van der Waals surface area contributed by atoms with Gasteiger partial charge in [-0.3, -0.25) is 0 Å². The van der Waals surface area contributed by atoms with Crippen LogP contribution in [0.25, 0.3) is 11.6 Å². The van der Waals surface area contributed by atoms with Crippen LogP contribution in [0.2, 0.25) is 0 Å². The van der Waals surface area contributed by atoms with Gasteiger partial charge in [0.25, 0.3) is 0 Å². The number of hydrogen-bond acceptors (Lipinski definition) is 4. The second kappa shape index (κ2) is 6.83. The van der Waals surface area contributed by atoms with E-state index >= 15 is 0 Å². The smallest absolute Gasteiger partial charge is 0.182 e. The summed E-state index contributed by atoms with van der Waals surface area (Å²) >= 11 is 0. The molecule has 5 heteroatoms. The molecule has 0 fully saturated rings. The molecule has 26 heavy (non-hydrogen) atoms. The Morgan fingerprint density at radius 3 is 2.19 bits per heavy atom. The van der Waals surface area contributed by atoms with Gasteiger partial charge < -0.3 is 9.84 Å². The summed E-state index contributed by atoms with van der Waals surface area (Å²) in [4.78, 5) is 0.264. The molecule has 4 nitrogen and oxygen atoms in total. The van der Waals surface area contributed by atoms with Crippen molar-refractivity contribution in [3.8, 4) is 0 Å². The number of sulfone groups is 1. The van der Waals surface area contributed by atoms with Crippen LogP contribution >= 0.6 is 0 Å². The Balaban J connectivity index is 2.06. The lowest BCUT2D eigenvalue weighted by Gasteiger charge is -2.22. The molecule has 2 aromatic carbocycles. The van der Waals surface area contributed by atoms with Gasteiger partial charge in [0.05, 0.1) is 10.5 Å². The van der Waals surface area contributed by atoms with Crippen LogP contribution in [0.5, 0.6) is 0 Å². The number of aliphatic hydroxyl groups is 1. The molecule has 0 radical (unpaired) electrons. The second-order valence-electron chi connectivity index (χ2n) is 6.85. The fraction of sp³-hybridized carbons (Fsp3) is 0.238. The molecule has 1 heterocycles. The molecule has 0 aliphatic carbocycles. The van der Waals surface area contributed by atoms with Gasteiger partial charge in [-0.1, -0.05) is 54.6 Å². The molecule has 1 aliphatic heterocycles. The van der Waals surface area contributed by atoms with Crippen molar-refractivity contribution in [1.29, 1.82) is 0 Å². The summed E-state index contributed by atoms with van der Waals surface area (Å²) in [6.45, 7) is 3.78. The Morgan fingerprint density at radius 1 is 1.00 bits per heavy atom. The highest BCUT2D eigenvalue weighted by atomic mass is 32.2. The third kappa shape index (κ3) is 3.80. The molecule has 1 N–H and O–H groups in total. The first-order valence-corrected chi connectivity index (χ1v) is 10.2. The second-order valence-corrected chi connectivity index (χ2v) is 8.87. The van der Waals surface area contributed by atoms with Crippen molar-refractivity contribution in [3.05, 3.63) is 77.4 Å². The van der Waals surface area contributed by atoms with Gasteiger partial charge in [0.15, 0.2) is 16.1 Å². The Hall–Kier alpha value is -2.21. The van der Waals surface area contributed by atoms with Gasteiger partial charge in [-0.05, 0) is 42.7 Å². The topological polar surface area (TPSA) is 63.6 Å². The predicted molar refractivity (Wildman–Crippen MR) is 103 cm³/mol. The van der Waals surface area contributed by atoms with E-state index in [1.54, 1.807) is 24.3 Å². The number of aliphatic hydroxyl groups excluding tert-OH is 1. The minimum atomic E-state index is -3.25. The quantitative estimate of drug-likeness (QED) is 0.892. The van der Waals surface area contributed by atoms with Crippen LogP contribution in [0.1, 0.15) is 25.0 Å². The maximum atomic E-state index is 11.7.